The summed E-state index contributed by atoms with van der Waals surface area (Å²) in [6.07, 6.45) is 0. The summed E-state index contributed by atoms with van der Waals surface area (Å²) in [6, 6.07) is 0. The third-order valence-corrected chi connectivity index (χ3v) is 1.90. The maximum absolute atomic E-state index is 5.18. The van der Waals surface area contributed by atoms with Crippen LogP contribution in [0.4, 0.5) is 0 Å². The van der Waals surface area contributed by atoms with Crippen LogP contribution in [-0.2, 0) is 4.74 Å². The van der Waals surface area contributed by atoms with Gasteiger partial charge in [0.05, 0.1) is 6.61 Å². The van der Waals surface area contributed by atoms with Crippen molar-refractivity contribution in [2.75, 3.05) is 26.3 Å². The van der Waals surface area contributed by atoms with E-state index in [-0.39, 0.29) is 0 Å². The van der Waals surface area contributed by atoms with E-state index < -0.39 is 0 Å². The number of likely N-dealkylation sites (N-methyl/N-ethyl adjacent to an activating group) is 1. The topological polar surface area (TPSA) is 12.5 Å². The van der Waals surface area contributed by atoms with Crippen molar-refractivity contribution in [3.63, 3.8) is 0 Å². The zero-order chi connectivity index (χ0) is 8.69. The van der Waals surface area contributed by atoms with Gasteiger partial charge in [0.25, 0.3) is 0 Å². The van der Waals surface area contributed by atoms with Crippen LogP contribution >= 0.6 is 24.8 Å². The molecule has 11 heavy (non-hydrogen) atoms. The molecular weight excluding hydrogens is 178 g/mol. The Kier molecular flexibility index (Phi) is 7.01. The van der Waals surface area contributed by atoms with Crippen LogP contribution in [0.5, 0.6) is 0 Å². The maximum atomic E-state index is 5.18. The molecule has 0 aromatic heterocycles. The summed E-state index contributed by atoms with van der Waals surface area (Å²) in [5, 5.41) is 0. The molecule has 0 heterocycles. The Morgan fingerprint density at radius 2 is 2.18 bits per heavy atom. The number of hydrogen-bond donors (Lipinski definition) is 1. The van der Waals surface area contributed by atoms with Crippen molar-refractivity contribution in [1.82, 2.24) is 4.90 Å². The zero-order valence-corrected chi connectivity index (χ0v) is 8.75. The minimum Gasteiger partial charge on any atom is -0.380 e. The number of thiocarbonyl (C=S) groups is 1. The number of rotatable bonds is 5. The number of hydrogen-bond acceptors (Lipinski definition) is 2. The van der Waals surface area contributed by atoms with Crippen LogP contribution in [0.1, 0.15) is 13.8 Å². The lowest BCUT2D eigenvalue weighted by atomic mass is 10.5. The largest absolute Gasteiger partial charge is 0.380 e. The van der Waals surface area contributed by atoms with Crippen LogP contribution in [0.15, 0.2) is 0 Å². The summed E-state index contributed by atoms with van der Waals surface area (Å²) >= 11 is 8.98. The van der Waals surface area contributed by atoms with Gasteiger partial charge >= 0.3 is 0 Å². The molecule has 0 atom stereocenters. The molecule has 0 aliphatic heterocycles. The maximum Gasteiger partial charge on any atom is 0.133 e. The van der Waals surface area contributed by atoms with Gasteiger partial charge in [0.1, 0.15) is 4.32 Å². The third kappa shape index (κ3) is 5.47. The monoisotopic (exact) mass is 193 g/mol. The molecule has 2 nitrogen and oxygen atoms in total. The molecule has 0 radical (unpaired) electrons. The average Bonchev–Trinajstić information content (AvgIpc) is 1.97. The van der Waals surface area contributed by atoms with Gasteiger partial charge in [-0.2, -0.15) is 0 Å². The Labute approximate surface area is 79.3 Å². The molecule has 0 rings (SSSR count). The third-order valence-electron chi connectivity index (χ3n) is 1.36. The van der Waals surface area contributed by atoms with Crippen LogP contribution in [0.2, 0.25) is 0 Å². The summed E-state index contributed by atoms with van der Waals surface area (Å²) < 4.78 is 5.83. The molecule has 0 amide bonds. The van der Waals surface area contributed by atoms with E-state index in [2.05, 4.69) is 19.6 Å². The number of nitrogens with zero attached hydrogens (tertiary/aromatic N) is 1. The van der Waals surface area contributed by atoms with E-state index in [4.69, 9.17) is 17.0 Å². The molecule has 0 bridgehead atoms. The molecule has 0 aromatic rings. The van der Waals surface area contributed by atoms with Gasteiger partial charge in [-0.1, -0.05) is 12.2 Å². The highest BCUT2D eigenvalue weighted by molar-refractivity contribution is 8.10. The number of thiol groups is 1. The van der Waals surface area contributed by atoms with Crippen LogP contribution < -0.4 is 0 Å². The fourth-order valence-electron chi connectivity index (χ4n) is 0.708. The Morgan fingerprint density at radius 3 is 2.55 bits per heavy atom. The predicted molar refractivity (Wildman–Crippen MR) is 55.3 cm³/mol. The second-order valence-corrected chi connectivity index (χ2v) is 3.17. The number of ether oxygens (including phenoxy) is 1. The lowest BCUT2D eigenvalue weighted by Gasteiger charge is -2.19. The molecule has 0 saturated carbocycles. The van der Waals surface area contributed by atoms with Crippen LogP contribution in [-0.4, -0.2) is 35.5 Å². The van der Waals surface area contributed by atoms with E-state index >= 15 is 0 Å². The van der Waals surface area contributed by atoms with Crippen LogP contribution in [0.3, 0.4) is 0 Å². The second-order valence-electron chi connectivity index (χ2n) is 2.06. The van der Waals surface area contributed by atoms with Gasteiger partial charge < -0.3 is 9.64 Å². The molecule has 66 valence electrons. The van der Waals surface area contributed by atoms with Gasteiger partial charge in [-0.25, -0.2) is 0 Å². The standard InChI is InChI=1S/C7H15NOS2/c1-3-8(7(10)11)5-6-9-4-2/h3-6H2,1-2H3,(H,10,11). The van der Waals surface area contributed by atoms with E-state index in [0.29, 0.717) is 4.32 Å². The minimum absolute atomic E-state index is 0.646. The molecule has 4 heteroatoms. The first-order chi connectivity index (χ1) is 5.22. The molecule has 0 aliphatic rings. The van der Waals surface area contributed by atoms with Crippen molar-refractivity contribution >= 4 is 29.2 Å². The lowest BCUT2D eigenvalue weighted by Crippen LogP contribution is -2.29. The van der Waals surface area contributed by atoms with E-state index in [9.17, 15) is 0 Å². The molecule has 0 aliphatic carbocycles. The first kappa shape index (κ1) is 11.2. The SMILES string of the molecule is CCOCCN(CC)C(=S)S. The van der Waals surface area contributed by atoms with E-state index in [0.717, 1.165) is 26.3 Å². The predicted octanol–water partition coefficient (Wildman–Crippen LogP) is 1.56. The molecule has 0 aromatic carbocycles. The average molecular weight is 193 g/mol. The summed E-state index contributed by atoms with van der Waals surface area (Å²) in [6.45, 7) is 7.26. The van der Waals surface area contributed by atoms with Crippen molar-refractivity contribution < 1.29 is 4.74 Å². The van der Waals surface area contributed by atoms with Gasteiger partial charge in [0.2, 0.25) is 0 Å². The highest BCUT2D eigenvalue weighted by Gasteiger charge is 2.01. The minimum atomic E-state index is 0.646. The van der Waals surface area contributed by atoms with Gasteiger partial charge in [0, 0.05) is 19.7 Å². The summed E-state index contributed by atoms with van der Waals surface area (Å²) in [7, 11) is 0. The highest BCUT2D eigenvalue weighted by Crippen LogP contribution is 1.95. The van der Waals surface area contributed by atoms with E-state index in [1.54, 1.807) is 0 Å². The lowest BCUT2D eigenvalue weighted by molar-refractivity contribution is 0.134. The first-order valence-electron chi connectivity index (χ1n) is 3.78. The van der Waals surface area contributed by atoms with Gasteiger partial charge in [-0.05, 0) is 13.8 Å². The van der Waals surface area contributed by atoms with Crippen LogP contribution in [0, 0.1) is 0 Å². The summed E-state index contributed by atoms with van der Waals surface area (Å²) in [5.74, 6) is 0. The highest BCUT2D eigenvalue weighted by atomic mass is 32.1. The zero-order valence-electron chi connectivity index (χ0n) is 7.04. The Bertz CT molecular complexity index is 119. The first-order valence-corrected chi connectivity index (χ1v) is 4.63. The van der Waals surface area contributed by atoms with Crippen molar-refractivity contribution in [2.45, 2.75) is 13.8 Å². The van der Waals surface area contributed by atoms with Crippen LogP contribution in [0.25, 0.3) is 0 Å². The summed E-state index contributed by atoms with van der Waals surface area (Å²) in [5.41, 5.74) is 0. The molecule has 0 fully saturated rings. The summed E-state index contributed by atoms with van der Waals surface area (Å²) in [4.78, 5) is 1.99. The quantitative estimate of drug-likeness (QED) is 0.404. The van der Waals surface area contributed by atoms with Crippen molar-refractivity contribution in [1.29, 1.82) is 0 Å². The normalized spacial score (nSPS) is 9.73. The molecule has 0 spiro atoms. The Balaban J connectivity index is 3.44. The molecule has 0 saturated heterocycles. The smallest absolute Gasteiger partial charge is 0.133 e. The fraction of sp³-hybridized carbons (Fsp3) is 0.857. The van der Waals surface area contributed by atoms with Gasteiger partial charge in [-0.15, -0.1) is 12.6 Å². The van der Waals surface area contributed by atoms with E-state index in [1.165, 1.54) is 0 Å². The van der Waals surface area contributed by atoms with E-state index in [1.807, 2.05) is 11.8 Å². The van der Waals surface area contributed by atoms with Crippen molar-refractivity contribution in [3.8, 4) is 0 Å². The van der Waals surface area contributed by atoms with Gasteiger partial charge in [0.15, 0.2) is 0 Å². The Morgan fingerprint density at radius 1 is 1.55 bits per heavy atom. The second kappa shape index (κ2) is 6.88. The fourth-order valence-corrected chi connectivity index (χ4v) is 1.17. The van der Waals surface area contributed by atoms with Crippen molar-refractivity contribution in [2.24, 2.45) is 0 Å². The van der Waals surface area contributed by atoms with Crippen molar-refractivity contribution in [3.05, 3.63) is 0 Å². The molecule has 0 unspecified atom stereocenters. The van der Waals surface area contributed by atoms with Gasteiger partial charge in [-0.3, -0.25) is 0 Å². The Hall–Kier alpha value is 0.200. The molecule has 0 N–H and O–H groups in total. The molecular formula is C7H15NOS2.